The molecule has 1 aliphatic carbocycles. The quantitative estimate of drug-likeness (QED) is 0.778. The number of anilines is 1. The van der Waals surface area contributed by atoms with Crippen LogP contribution < -0.4 is 5.73 Å². The zero-order valence-electron chi connectivity index (χ0n) is 13.4. The van der Waals surface area contributed by atoms with Crippen molar-refractivity contribution in [2.45, 2.75) is 32.2 Å². The van der Waals surface area contributed by atoms with Crippen LogP contribution in [0.2, 0.25) is 0 Å². The lowest BCUT2D eigenvalue weighted by atomic mass is 10.0. The molecule has 2 aromatic heterocycles. The molecule has 1 amide bonds. The number of carbonyl (C=O) groups is 1. The summed E-state index contributed by atoms with van der Waals surface area (Å²) in [6.45, 7) is 0.543. The van der Waals surface area contributed by atoms with E-state index in [2.05, 4.69) is 4.98 Å². The highest BCUT2D eigenvalue weighted by molar-refractivity contribution is 7.22. The molecule has 0 aliphatic heterocycles. The van der Waals surface area contributed by atoms with Gasteiger partial charge in [-0.3, -0.25) is 4.79 Å². The van der Waals surface area contributed by atoms with Crippen LogP contribution in [0.1, 0.15) is 38.8 Å². The zero-order chi connectivity index (χ0) is 16.7. The van der Waals surface area contributed by atoms with E-state index >= 15 is 0 Å². The van der Waals surface area contributed by atoms with Gasteiger partial charge < -0.3 is 10.6 Å². The Morgan fingerprint density at radius 1 is 1.25 bits per heavy atom. The molecule has 2 heterocycles. The molecule has 0 atom stereocenters. The molecular weight excluding hydrogens is 340 g/mol. The van der Waals surface area contributed by atoms with E-state index in [-0.39, 0.29) is 5.91 Å². The van der Waals surface area contributed by atoms with Crippen molar-refractivity contribution >= 4 is 43.9 Å². The van der Waals surface area contributed by atoms with Gasteiger partial charge in [0.05, 0.1) is 28.0 Å². The third kappa shape index (κ3) is 2.78. The topological polar surface area (TPSA) is 72.1 Å². The lowest BCUT2D eigenvalue weighted by Crippen LogP contribution is -2.26. The van der Waals surface area contributed by atoms with Gasteiger partial charge in [0.25, 0.3) is 5.91 Å². The number of hydrogen-bond acceptors (Lipinski definition) is 6. The third-order valence-corrected chi connectivity index (χ3v) is 6.35. The van der Waals surface area contributed by atoms with Crippen molar-refractivity contribution in [3.05, 3.63) is 39.3 Å². The minimum atomic E-state index is -0.0163. The van der Waals surface area contributed by atoms with Gasteiger partial charge in [-0.15, -0.1) is 11.3 Å². The summed E-state index contributed by atoms with van der Waals surface area (Å²) in [5, 5.41) is 1.51. The van der Waals surface area contributed by atoms with Crippen LogP contribution in [-0.2, 0) is 19.4 Å². The lowest BCUT2D eigenvalue weighted by Gasteiger charge is -2.16. The van der Waals surface area contributed by atoms with Crippen LogP contribution in [0.4, 0.5) is 5.13 Å². The van der Waals surface area contributed by atoms with Crippen LogP contribution in [0.5, 0.6) is 0 Å². The Morgan fingerprint density at radius 3 is 2.92 bits per heavy atom. The molecule has 0 spiro atoms. The average Bonchev–Trinajstić information content (AvgIpc) is 3.15. The molecule has 0 radical (unpaired) electrons. The number of aromatic nitrogens is 2. The van der Waals surface area contributed by atoms with Gasteiger partial charge in [-0.05, 0) is 37.8 Å². The minimum Gasteiger partial charge on any atom is -0.375 e. The second-order valence-corrected chi connectivity index (χ2v) is 8.25. The zero-order valence-corrected chi connectivity index (χ0v) is 15.0. The number of rotatable bonds is 3. The van der Waals surface area contributed by atoms with Crippen molar-refractivity contribution < 1.29 is 4.79 Å². The highest BCUT2D eigenvalue weighted by Crippen LogP contribution is 2.29. The summed E-state index contributed by atoms with van der Waals surface area (Å²) < 4.78 is 0.852. The smallest absolute Gasteiger partial charge is 0.255 e. The molecule has 7 heteroatoms. The highest BCUT2D eigenvalue weighted by atomic mass is 32.1. The summed E-state index contributed by atoms with van der Waals surface area (Å²) in [6.07, 6.45) is 4.67. The Morgan fingerprint density at radius 2 is 2.08 bits per heavy atom. The SMILES string of the molecule is CN(Cc1nc2c(s1)CCCC2)C(=O)c1cccc2nc(N)sc12. The Labute approximate surface area is 148 Å². The van der Waals surface area contributed by atoms with E-state index in [1.165, 1.54) is 34.7 Å². The van der Waals surface area contributed by atoms with E-state index < -0.39 is 0 Å². The van der Waals surface area contributed by atoms with Gasteiger partial charge in [0.2, 0.25) is 0 Å². The van der Waals surface area contributed by atoms with Crippen LogP contribution in [0, 0.1) is 0 Å². The number of amides is 1. The molecule has 1 aliphatic rings. The summed E-state index contributed by atoms with van der Waals surface area (Å²) in [4.78, 5) is 25.0. The van der Waals surface area contributed by atoms with E-state index in [9.17, 15) is 4.79 Å². The Hall–Kier alpha value is -1.99. The van der Waals surface area contributed by atoms with E-state index in [4.69, 9.17) is 10.7 Å². The summed E-state index contributed by atoms with van der Waals surface area (Å²) in [7, 11) is 1.83. The van der Waals surface area contributed by atoms with Crippen molar-refractivity contribution in [3.8, 4) is 0 Å². The van der Waals surface area contributed by atoms with Gasteiger partial charge in [-0.25, -0.2) is 9.97 Å². The number of benzene rings is 1. The van der Waals surface area contributed by atoms with Crippen molar-refractivity contribution in [1.82, 2.24) is 14.9 Å². The first-order valence-corrected chi connectivity index (χ1v) is 9.63. The number of fused-ring (bicyclic) bond motifs is 2. The summed E-state index contributed by atoms with van der Waals surface area (Å²) in [5.41, 5.74) is 8.46. The van der Waals surface area contributed by atoms with Gasteiger partial charge in [0, 0.05) is 11.9 Å². The molecule has 0 saturated heterocycles. The fraction of sp³-hybridized carbons (Fsp3) is 0.353. The molecule has 124 valence electrons. The maximum absolute atomic E-state index is 12.9. The second kappa shape index (κ2) is 6.14. The Kier molecular flexibility index (Phi) is 3.97. The van der Waals surface area contributed by atoms with E-state index in [0.29, 0.717) is 17.2 Å². The predicted octanol–water partition coefficient (Wildman–Crippen LogP) is 3.49. The number of nitrogen functional groups attached to an aromatic ring is 1. The van der Waals surface area contributed by atoms with Crippen molar-refractivity contribution in [2.75, 3.05) is 12.8 Å². The molecule has 24 heavy (non-hydrogen) atoms. The van der Waals surface area contributed by atoms with Crippen molar-refractivity contribution in [2.24, 2.45) is 0 Å². The second-order valence-electron chi connectivity index (χ2n) is 6.05. The summed E-state index contributed by atoms with van der Waals surface area (Å²) in [6, 6.07) is 5.57. The maximum atomic E-state index is 12.9. The Bertz CT molecular complexity index is 891. The van der Waals surface area contributed by atoms with Crippen LogP contribution >= 0.6 is 22.7 Å². The highest BCUT2D eigenvalue weighted by Gasteiger charge is 2.20. The molecule has 2 N–H and O–H groups in total. The standard InChI is InChI=1S/C17H18N4OS2/c1-21(9-14-19-11-6-2-3-8-13(11)23-14)16(22)10-5-4-7-12-15(10)24-17(18)20-12/h4-5,7H,2-3,6,8-9H2,1H3,(H2,18,20). The molecular formula is C17H18N4OS2. The first kappa shape index (κ1) is 15.5. The molecule has 5 nitrogen and oxygen atoms in total. The molecule has 3 aromatic rings. The maximum Gasteiger partial charge on any atom is 0.255 e. The Balaban J connectivity index is 1.58. The van der Waals surface area contributed by atoms with Crippen LogP contribution in [0.3, 0.4) is 0 Å². The first-order chi connectivity index (χ1) is 11.6. The van der Waals surface area contributed by atoms with Gasteiger partial charge in [-0.1, -0.05) is 17.4 Å². The largest absolute Gasteiger partial charge is 0.375 e. The number of nitrogens with zero attached hydrogens (tertiary/aromatic N) is 3. The molecule has 0 fully saturated rings. The number of aryl methyl sites for hydroxylation is 2. The van der Waals surface area contributed by atoms with Crippen LogP contribution in [0.15, 0.2) is 18.2 Å². The van der Waals surface area contributed by atoms with Crippen molar-refractivity contribution in [3.63, 3.8) is 0 Å². The fourth-order valence-corrected chi connectivity index (χ4v) is 5.14. The van der Waals surface area contributed by atoms with E-state index in [1.807, 2.05) is 25.2 Å². The predicted molar refractivity (Wildman–Crippen MR) is 98.6 cm³/mol. The van der Waals surface area contributed by atoms with E-state index in [1.54, 1.807) is 16.2 Å². The molecule has 1 aromatic carbocycles. The van der Waals surface area contributed by atoms with Crippen LogP contribution in [0.25, 0.3) is 10.2 Å². The molecule has 0 saturated carbocycles. The summed E-state index contributed by atoms with van der Waals surface area (Å²) in [5.74, 6) is -0.0163. The normalized spacial score (nSPS) is 13.9. The average molecular weight is 358 g/mol. The number of nitrogens with two attached hydrogens (primary N) is 1. The van der Waals surface area contributed by atoms with Gasteiger partial charge >= 0.3 is 0 Å². The number of hydrogen-bond donors (Lipinski definition) is 1. The fourth-order valence-electron chi connectivity index (χ4n) is 3.09. The monoisotopic (exact) mass is 358 g/mol. The lowest BCUT2D eigenvalue weighted by molar-refractivity contribution is 0.0787. The minimum absolute atomic E-state index is 0.0163. The van der Waals surface area contributed by atoms with Crippen molar-refractivity contribution in [1.29, 1.82) is 0 Å². The van der Waals surface area contributed by atoms with Crippen LogP contribution in [-0.4, -0.2) is 27.8 Å². The summed E-state index contributed by atoms with van der Waals surface area (Å²) >= 11 is 3.11. The number of carbonyl (C=O) groups excluding carboxylic acids is 1. The number of thiazole rings is 2. The van der Waals surface area contributed by atoms with E-state index in [0.717, 1.165) is 28.1 Å². The van der Waals surface area contributed by atoms with Gasteiger partial charge in [-0.2, -0.15) is 0 Å². The van der Waals surface area contributed by atoms with Gasteiger partial charge in [0.1, 0.15) is 5.01 Å². The molecule has 4 rings (SSSR count). The van der Waals surface area contributed by atoms with Gasteiger partial charge in [0.15, 0.2) is 5.13 Å². The molecule has 0 unspecified atom stereocenters. The third-order valence-electron chi connectivity index (χ3n) is 4.27. The molecule has 0 bridgehead atoms. The first-order valence-electron chi connectivity index (χ1n) is 8.00.